The van der Waals surface area contributed by atoms with E-state index in [1.165, 1.54) is 11.1 Å². The lowest BCUT2D eigenvalue weighted by molar-refractivity contribution is -0.127. The van der Waals surface area contributed by atoms with Crippen molar-refractivity contribution in [2.24, 2.45) is 5.92 Å². The van der Waals surface area contributed by atoms with E-state index in [2.05, 4.69) is 38.1 Å². The van der Waals surface area contributed by atoms with Crippen LogP contribution in [0, 0.1) is 5.92 Å². The van der Waals surface area contributed by atoms with Crippen molar-refractivity contribution in [1.82, 2.24) is 4.90 Å². The van der Waals surface area contributed by atoms with Gasteiger partial charge in [0.05, 0.1) is 0 Å². The topological polar surface area (TPSA) is 20.3 Å². The Balaban J connectivity index is 2.46. The SMILES string of the molecule is CC(C)Cc1ccc(CCN(C)C(=O)CCl)cc1. The highest BCUT2D eigenvalue weighted by Crippen LogP contribution is 2.10. The van der Waals surface area contributed by atoms with Gasteiger partial charge < -0.3 is 4.90 Å². The van der Waals surface area contributed by atoms with Gasteiger partial charge in [-0.1, -0.05) is 38.1 Å². The van der Waals surface area contributed by atoms with Gasteiger partial charge in [-0.3, -0.25) is 4.79 Å². The maximum absolute atomic E-state index is 11.3. The molecule has 0 saturated carbocycles. The first kappa shape index (κ1) is 15.0. The fourth-order valence-corrected chi connectivity index (χ4v) is 2.04. The lowest BCUT2D eigenvalue weighted by Crippen LogP contribution is -2.29. The lowest BCUT2D eigenvalue weighted by Gasteiger charge is -2.15. The number of amides is 1. The molecule has 3 heteroatoms. The summed E-state index contributed by atoms with van der Waals surface area (Å²) in [5.41, 5.74) is 2.63. The number of rotatable bonds is 6. The van der Waals surface area contributed by atoms with Crippen LogP contribution in [0.25, 0.3) is 0 Å². The Morgan fingerprint density at radius 2 is 1.78 bits per heavy atom. The first-order valence-electron chi connectivity index (χ1n) is 6.40. The zero-order valence-electron chi connectivity index (χ0n) is 11.4. The Hall–Kier alpha value is -1.02. The van der Waals surface area contributed by atoms with E-state index in [-0.39, 0.29) is 11.8 Å². The van der Waals surface area contributed by atoms with Crippen LogP contribution in [0.3, 0.4) is 0 Å². The molecule has 0 heterocycles. The van der Waals surface area contributed by atoms with Crippen molar-refractivity contribution in [3.63, 3.8) is 0 Å². The van der Waals surface area contributed by atoms with Crippen LogP contribution in [0.5, 0.6) is 0 Å². The molecule has 1 aromatic rings. The molecule has 1 aromatic carbocycles. The highest BCUT2D eigenvalue weighted by atomic mass is 35.5. The Labute approximate surface area is 115 Å². The molecule has 0 unspecified atom stereocenters. The van der Waals surface area contributed by atoms with E-state index in [1.807, 2.05) is 0 Å². The number of halogens is 1. The summed E-state index contributed by atoms with van der Waals surface area (Å²) in [6.07, 6.45) is 1.99. The number of carbonyl (C=O) groups is 1. The fraction of sp³-hybridized carbons (Fsp3) is 0.533. The van der Waals surface area contributed by atoms with Gasteiger partial charge in [-0.25, -0.2) is 0 Å². The van der Waals surface area contributed by atoms with Gasteiger partial charge in [-0.05, 0) is 29.9 Å². The minimum absolute atomic E-state index is 0.0203. The third kappa shape index (κ3) is 5.09. The molecule has 0 bridgehead atoms. The highest BCUT2D eigenvalue weighted by Gasteiger charge is 2.06. The van der Waals surface area contributed by atoms with Gasteiger partial charge in [0.2, 0.25) is 5.91 Å². The molecule has 0 fully saturated rings. The smallest absolute Gasteiger partial charge is 0.237 e. The Morgan fingerprint density at radius 1 is 1.22 bits per heavy atom. The van der Waals surface area contributed by atoms with Gasteiger partial charge in [0.1, 0.15) is 5.88 Å². The standard InChI is InChI=1S/C15H22ClNO/c1-12(2)10-14-6-4-13(5-7-14)8-9-17(3)15(18)11-16/h4-7,12H,8-11H2,1-3H3. The van der Waals surface area contributed by atoms with Crippen molar-refractivity contribution in [3.8, 4) is 0 Å². The molecular formula is C15H22ClNO. The zero-order chi connectivity index (χ0) is 13.5. The van der Waals surface area contributed by atoms with E-state index in [0.29, 0.717) is 5.92 Å². The Bertz CT molecular complexity index is 373. The van der Waals surface area contributed by atoms with Crippen LogP contribution >= 0.6 is 11.6 Å². The largest absolute Gasteiger partial charge is 0.344 e. The number of alkyl halides is 1. The molecule has 18 heavy (non-hydrogen) atoms. The minimum Gasteiger partial charge on any atom is -0.344 e. The van der Waals surface area contributed by atoms with Crippen LogP contribution in [0.2, 0.25) is 0 Å². The molecule has 0 N–H and O–H groups in total. The fourth-order valence-electron chi connectivity index (χ4n) is 1.84. The summed E-state index contributed by atoms with van der Waals surface area (Å²) in [6, 6.07) is 8.66. The third-order valence-electron chi connectivity index (χ3n) is 2.94. The van der Waals surface area contributed by atoms with E-state index in [1.54, 1.807) is 11.9 Å². The molecule has 2 nitrogen and oxygen atoms in total. The molecule has 0 aliphatic rings. The summed E-state index contributed by atoms with van der Waals surface area (Å²) in [7, 11) is 1.79. The molecule has 0 spiro atoms. The highest BCUT2D eigenvalue weighted by molar-refractivity contribution is 6.27. The van der Waals surface area contributed by atoms with Gasteiger partial charge in [0.25, 0.3) is 0 Å². The molecule has 0 aliphatic heterocycles. The van der Waals surface area contributed by atoms with Gasteiger partial charge >= 0.3 is 0 Å². The molecule has 1 rings (SSSR count). The van der Waals surface area contributed by atoms with Crippen molar-refractivity contribution in [2.75, 3.05) is 19.5 Å². The Morgan fingerprint density at radius 3 is 2.28 bits per heavy atom. The van der Waals surface area contributed by atoms with Gasteiger partial charge in [-0.15, -0.1) is 11.6 Å². The summed E-state index contributed by atoms with van der Waals surface area (Å²) in [4.78, 5) is 13.0. The second-order valence-corrected chi connectivity index (χ2v) is 5.38. The molecule has 100 valence electrons. The van der Waals surface area contributed by atoms with Crippen molar-refractivity contribution in [3.05, 3.63) is 35.4 Å². The minimum atomic E-state index is -0.0203. The zero-order valence-corrected chi connectivity index (χ0v) is 12.2. The normalized spacial score (nSPS) is 10.7. The molecular weight excluding hydrogens is 246 g/mol. The van der Waals surface area contributed by atoms with E-state index in [9.17, 15) is 4.79 Å². The molecule has 0 radical (unpaired) electrons. The monoisotopic (exact) mass is 267 g/mol. The number of hydrogen-bond donors (Lipinski definition) is 0. The van der Waals surface area contributed by atoms with Gasteiger partial charge in [-0.2, -0.15) is 0 Å². The number of carbonyl (C=O) groups excluding carboxylic acids is 1. The third-order valence-corrected chi connectivity index (χ3v) is 3.17. The van der Waals surface area contributed by atoms with Gasteiger partial charge in [0.15, 0.2) is 0 Å². The van der Waals surface area contributed by atoms with Crippen LogP contribution in [0.15, 0.2) is 24.3 Å². The first-order valence-corrected chi connectivity index (χ1v) is 6.94. The molecule has 0 aromatic heterocycles. The van der Waals surface area contributed by atoms with Crippen molar-refractivity contribution >= 4 is 17.5 Å². The summed E-state index contributed by atoms with van der Waals surface area (Å²) in [6.45, 7) is 5.16. The van der Waals surface area contributed by atoms with Crippen molar-refractivity contribution in [1.29, 1.82) is 0 Å². The lowest BCUT2D eigenvalue weighted by atomic mass is 10.0. The van der Waals surface area contributed by atoms with Crippen molar-refractivity contribution < 1.29 is 4.79 Å². The van der Waals surface area contributed by atoms with E-state index >= 15 is 0 Å². The molecule has 0 aliphatic carbocycles. The number of hydrogen-bond acceptors (Lipinski definition) is 1. The summed E-state index contributed by atoms with van der Waals surface area (Å²) in [5.74, 6) is 0.723. The average molecular weight is 268 g/mol. The second-order valence-electron chi connectivity index (χ2n) is 5.11. The molecule has 0 atom stereocenters. The van der Waals surface area contributed by atoms with E-state index < -0.39 is 0 Å². The maximum atomic E-state index is 11.3. The number of nitrogens with zero attached hydrogens (tertiary/aromatic N) is 1. The summed E-state index contributed by atoms with van der Waals surface area (Å²) < 4.78 is 0. The quantitative estimate of drug-likeness (QED) is 0.725. The predicted molar refractivity (Wildman–Crippen MR) is 77.0 cm³/mol. The molecule has 1 amide bonds. The summed E-state index contributed by atoms with van der Waals surface area (Å²) >= 11 is 5.51. The number of benzene rings is 1. The van der Waals surface area contributed by atoms with E-state index in [0.717, 1.165) is 19.4 Å². The Kier molecular flexibility index (Phi) is 6.20. The van der Waals surface area contributed by atoms with Crippen LogP contribution in [-0.2, 0) is 17.6 Å². The molecule has 0 saturated heterocycles. The summed E-state index contributed by atoms with van der Waals surface area (Å²) in [5, 5.41) is 0. The maximum Gasteiger partial charge on any atom is 0.237 e. The number of likely N-dealkylation sites (N-methyl/N-ethyl adjacent to an activating group) is 1. The van der Waals surface area contributed by atoms with Crippen LogP contribution < -0.4 is 0 Å². The second kappa shape index (κ2) is 7.42. The van der Waals surface area contributed by atoms with E-state index in [4.69, 9.17) is 11.6 Å². The van der Waals surface area contributed by atoms with Crippen LogP contribution in [0.4, 0.5) is 0 Å². The predicted octanol–water partition coefficient (Wildman–Crippen LogP) is 3.12. The van der Waals surface area contributed by atoms with Gasteiger partial charge in [0, 0.05) is 13.6 Å². The first-order chi connectivity index (χ1) is 8.52. The van der Waals surface area contributed by atoms with Crippen LogP contribution in [-0.4, -0.2) is 30.3 Å². The van der Waals surface area contributed by atoms with Crippen molar-refractivity contribution in [2.45, 2.75) is 26.7 Å². The van der Waals surface area contributed by atoms with Crippen LogP contribution in [0.1, 0.15) is 25.0 Å². The average Bonchev–Trinajstić information content (AvgIpc) is 2.36.